The molecule has 2 rings (SSSR count). The van der Waals surface area contributed by atoms with Gasteiger partial charge in [-0.15, -0.1) is 0 Å². The van der Waals surface area contributed by atoms with Gasteiger partial charge in [0.25, 0.3) is 0 Å². The zero-order valence-electron chi connectivity index (χ0n) is 8.81. The topological polar surface area (TPSA) is 29.1 Å². The minimum absolute atomic E-state index is 0.301. The third-order valence-corrected chi connectivity index (χ3v) is 3.48. The summed E-state index contributed by atoms with van der Waals surface area (Å²) < 4.78 is 0. The van der Waals surface area contributed by atoms with Crippen LogP contribution in [0.2, 0.25) is 0 Å². The Hall–Kier alpha value is -0.530. The molecule has 2 fully saturated rings. The third-order valence-electron chi connectivity index (χ3n) is 3.48. The molecule has 74 valence electrons. The molecule has 1 amide bonds. The number of fused-ring (bicyclic) bond motifs is 1. The number of hydrogen-bond acceptors (Lipinski definition) is 1. The summed E-state index contributed by atoms with van der Waals surface area (Å²) in [6.45, 7) is 7.72. The Balaban J connectivity index is 2.10. The summed E-state index contributed by atoms with van der Waals surface area (Å²) in [5, 5.41) is 3.01. The summed E-state index contributed by atoms with van der Waals surface area (Å²) in [6.07, 6.45) is 3.54. The van der Waals surface area contributed by atoms with E-state index in [-0.39, 0.29) is 0 Å². The Morgan fingerprint density at radius 3 is 2.62 bits per heavy atom. The van der Waals surface area contributed by atoms with E-state index in [0.29, 0.717) is 22.7 Å². The Kier molecular flexibility index (Phi) is 1.73. The molecule has 13 heavy (non-hydrogen) atoms. The molecule has 0 bridgehead atoms. The molecule has 0 aromatic rings. The van der Waals surface area contributed by atoms with Crippen LogP contribution in [0.4, 0.5) is 0 Å². The minimum atomic E-state index is 0.301. The Labute approximate surface area is 80.1 Å². The minimum Gasteiger partial charge on any atom is -0.355 e. The lowest BCUT2D eigenvalue weighted by molar-refractivity contribution is -0.128. The normalized spacial score (nSPS) is 38.1. The van der Waals surface area contributed by atoms with Gasteiger partial charge in [-0.3, -0.25) is 4.79 Å². The van der Waals surface area contributed by atoms with Gasteiger partial charge in [-0.05, 0) is 30.1 Å². The van der Waals surface area contributed by atoms with Crippen molar-refractivity contribution in [3.63, 3.8) is 0 Å². The first-order chi connectivity index (χ1) is 5.93. The molecule has 0 aromatic heterocycles. The number of nitrogens with one attached hydrogen (secondary N) is 1. The van der Waals surface area contributed by atoms with Gasteiger partial charge in [0.2, 0.25) is 5.91 Å². The second-order valence-electron chi connectivity index (χ2n) is 5.91. The maximum absolute atomic E-state index is 11.4. The highest BCUT2D eigenvalue weighted by Gasteiger charge is 2.55. The number of hydrogen-bond donors (Lipinski definition) is 1. The third kappa shape index (κ3) is 1.36. The van der Waals surface area contributed by atoms with Gasteiger partial charge in [0.1, 0.15) is 0 Å². The van der Waals surface area contributed by atoms with Gasteiger partial charge in [0.15, 0.2) is 0 Å². The second-order valence-corrected chi connectivity index (χ2v) is 5.91. The lowest BCUT2D eigenvalue weighted by atomic mass is 9.56. The SMILES string of the molecule is CC(C)(C)CC12CCC1C(=O)NC2. The molecular formula is C11H19NO. The Morgan fingerprint density at radius 2 is 2.23 bits per heavy atom. The molecule has 1 aliphatic carbocycles. The highest BCUT2D eigenvalue weighted by atomic mass is 16.2. The first-order valence-corrected chi connectivity index (χ1v) is 5.21. The van der Waals surface area contributed by atoms with Gasteiger partial charge in [-0.25, -0.2) is 0 Å². The van der Waals surface area contributed by atoms with Gasteiger partial charge in [0.05, 0.1) is 0 Å². The lowest BCUT2D eigenvalue weighted by Gasteiger charge is -2.46. The molecule has 2 aliphatic rings. The molecule has 1 heterocycles. The molecule has 2 unspecified atom stereocenters. The molecule has 0 spiro atoms. The van der Waals surface area contributed by atoms with E-state index in [4.69, 9.17) is 0 Å². The van der Waals surface area contributed by atoms with Crippen LogP contribution < -0.4 is 5.32 Å². The van der Waals surface area contributed by atoms with Crippen molar-refractivity contribution in [2.24, 2.45) is 16.7 Å². The quantitative estimate of drug-likeness (QED) is 0.658. The monoisotopic (exact) mass is 181 g/mol. The molecule has 1 aliphatic heterocycles. The number of carbonyl (C=O) groups excluding carboxylic acids is 1. The first-order valence-electron chi connectivity index (χ1n) is 5.21. The maximum Gasteiger partial charge on any atom is 0.223 e. The highest BCUT2D eigenvalue weighted by Crippen LogP contribution is 2.55. The molecule has 2 heteroatoms. The van der Waals surface area contributed by atoms with Crippen molar-refractivity contribution in [1.29, 1.82) is 0 Å². The number of amides is 1. The molecule has 0 radical (unpaired) electrons. The molecule has 1 N–H and O–H groups in total. The van der Waals surface area contributed by atoms with Crippen LogP contribution in [0.1, 0.15) is 40.0 Å². The van der Waals surface area contributed by atoms with Crippen molar-refractivity contribution in [3.05, 3.63) is 0 Å². The predicted octanol–water partition coefficient (Wildman–Crippen LogP) is 1.95. The largest absolute Gasteiger partial charge is 0.355 e. The van der Waals surface area contributed by atoms with Crippen molar-refractivity contribution < 1.29 is 4.79 Å². The van der Waals surface area contributed by atoms with Crippen molar-refractivity contribution in [2.75, 3.05) is 6.54 Å². The van der Waals surface area contributed by atoms with Crippen LogP contribution in [0.3, 0.4) is 0 Å². The van der Waals surface area contributed by atoms with Crippen LogP contribution in [-0.4, -0.2) is 12.5 Å². The standard InChI is InChI=1S/C11H19NO/c1-10(2,3)6-11-5-4-8(11)9(13)12-7-11/h8H,4-7H2,1-3H3,(H,12,13). The number of carbonyl (C=O) groups is 1. The maximum atomic E-state index is 11.4. The summed E-state index contributed by atoms with van der Waals surface area (Å²) in [6, 6.07) is 0. The summed E-state index contributed by atoms with van der Waals surface area (Å²) in [7, 11) is 0. The fourth-order valence-corrected chi connectivity index (χ4v) is 3.03. The van der Waals surface area contributed by atoms with Gasteiger partial charge in [-0.2, -0.15) is 0 Å². The molecule has 1 saturated carbocycles. The fraction of sp³-hybridized carbons (Fsp3) is 0.909. The van der Waals surface area contributed by atoms with E-state index < -0.39 is 0 Å². The summed E-state index contributed by atoms with van der Waals surface area (Å²) in [5.41, 5.74) is 0.681. The van der Waals surface area contributed by atoms with Gasteiger partial charge in [0, 0.05) is 12.5 Å². The summed E-state index contributed by atoms with van der Waals surface area (Å²) in [4.78, 5) is 11.4. The van der Waals surface area contributed by atoms with Crippen molar-refractivity contribution >= 4 is 5.91 Å². The average molecular weight is 181 g/mol. The van der Waals surface area contributed by atoms with Gasteiger partial charge < -0.3 is 5.32 Å². The van der Waals surface area contributed by atoms with Crippen LogP contribution in [0.25, 0.3) is 0 Å². The number of rotatable bonds is 1. The van der Waals surface area contributed by atoms with Crippen molar-refractivity contribution in [3.8, 4) is 0 Å². The van der Waals surface area contributed by atoms with E-state index >= 15 is 0 Å². The summed E-state index contributed by atoms with van der Waals surface area (Å²) in [5.74, 6) is 0.641. The van der Waals surface area contributed by atoms with Gasteiger partial charge >= 0.3 is 0 Å². The lowest BCUT2D eigenvalue weighted by Crippen LogP contribution is -2.43. The van der Waals surface area contributed by atoms with Gasteiger partial charge in [-0.1, -0.05) is 20.8 Å². The molecule has 2 nitrogen and oxygen atoms in total. The predicted molar refractivity (Wildman–Crippen MR) is 52.2 cm³/mol. The van der Waals surface area contributed by atoms with Crippen molar-refractivity contribution in [2.45, 2.75) is 40.0 Å². The molecule has 2 atom stereocenters. The van der Waals surface area contributed by atoms with Crippen LogP contribution in [0.15, 0.2) is 0 Å². The fourth-order valence-electron chi connectivity index (χ4n) is 3.03. The zero-order valence-corrected chi connectivity index (χ0v) is 8.81. The first kappa shape index (κ1) is 9.04. The van der Waals surface area contributed by atoms with Crippen LogP contribution in [-0.2, 0) is 4.79 Å². The zero-order chi connectivity index (χ0) is 9.69. The van der Waals surface area contributed by atoms with Crippen LogP contribution in [0.5, 0.6) is 0 Å². The van der Waals surface area contributed by atoms with E-state index in [1.54, 1.807) is 0 Å². The second kappa shape index (κ2) is 2.49. The highest BCUT2D eigenvalue weighted by molar-refractivity contribution is 5.83. The van der Waals surface area contributed by atoms with E-state index in [0.717, 1.165) is 13.0 Å². The molecule has 0 aromatic carbocycles. The van der Waals surface area contributed by atoms with E-state index in [9.17, 15) is 4.79 Å². The Bertz CT molecular complexity index is 241. The Morgan fingerprint density at radius 1 is 1.54 bits per heavy atom. The van der Waals surface area contributed by atoms with E-state index in [2.05, 4.69) is 26.1 Å². The van der Waals surface area contributed by atoms with Crippen LogP contribution in [0, 0.1) is 16.7 Å². The molecular weight excluding hydrogens is 162 g/mol. The van der Waals surface area contributed by atoms with E-state index in [1.807, 2.05) is 0 Å². The molecule has 1 saturated heterocycles. The van der Waals surface area contributed by atoms with E-state index in [1.165, 1.54) is 12.8 Å². The van der Waals surface area contributed by atoms with Crippen molar-refractivity contribution in [1.82, 2.24) is 5.32 Å². The summed E-state index contributed by atoms with van der Waals surface area (Å²) >= 11 is 0. The van der Waals surface area contributed by atoms with Crippen LogP contribution >= 0.6 is 0 Å². The smallest absolute Gasteiger partial charge is 0.223 e. The average Bonchev–Trinajstić information content (AvgIpc) is 2.09.